The third kappa shape index (κ3) is 3.73. The Labute approximate surface area is 197 Å². The molecular weight excluding hydrogens is 430 g/mol. The van der Waals surface area contributed by atoms with Gasteiger partial charge in [-0.15, -0.1) is 0 Å². The summed E-state index contributed by atoms with van der Waals surface area (Å²) in [6.45, 7) is 2.04. The second-order valence-corrected chi connectivity index (χ2v) is 9.41. The average Bonchev–Trinajstić information content (AvgIpc) is 3.56. The molecule has 0 spiro atoms. The zero-order valence-corrected chi connectivity index (χ0v) is 19.1. The van der Waals surface area contributed by atoms with Gasteiger partial charge in [-0.25, -0.2) is 9.14 Å². The number of para-hydroxylation sites is 1. The second-order valence-electron chi connectivity index (χ2n) is 9.41. The molecule has 174 valence electrons. The van der Waals surface area contributed by atoms with Crippen LogP contribution < -0.4 is 4.74 Å². The summed E-state index contributed by atoms with van der Waals surface area (Å²) in [6, 6.07) is 14.4. The van der Waals surface area contributed by atoms with Gasteiger partial charge in [0.2, 0.25) is 0 Å². The van der Waals surface area contributed by atoms with Crippen molar-refractivity contribution in [2.75, 3.05) is 0 Å². The Morgan fingerprint density at radius 3 is 2.71 bits per heavy atom. The number of hydrogen-bond donors (Lipinski definition) is 0. The standard InChI is InChI=1S/C26H27N5O3/c1-17-23(29-34-28-17)16-33-25-7-3-2-6-22(25)26(32)31-20-8-9-21(31)15-18(14-20)13-19-5-4-12-30-24(19)10-11-27-30/h2-7,10-12,18,20-21H,8-9,13-16H2,1H3. The summed E-state index contributed by atoms with van der Waals surface area (Å²) >= 11 is 0. The Morgan fingerprint density at radius 2 is 1.91 bits per heavy atom. The molecule has 2 unspecified atom stereocenters. The van der Waals surface area contributed by atoms with Crippen molar-refractivity contribution in [3.63, 3.8) is 0 Å². The maximum atomic E-state index is 13.7. The Balaban J connectivity index is 1.18. The van der Waals surface area contributed by atoms with Crippen molar-refractivity contribution in [2.45, 2.75) is 57.7 Å². The fourth-order valence-corrected chi connectivity index (χ4v) is 5.72. The van der Waals surface area contributed by atoms with E-state index in [2.05, 4.69) is 38.5 Å². The number of nitrogens with zero attached hydrogens (tertiary/aromatic N) is 5. The van der Waals surface area contributed by atoms with Gasteiger partial charge in [-0.05, 0) is 74.8 Å². The largest absolute Gasteiger partial charge is 0.486 e. The van der Waals surface area contributed by atoms with Crippen molar-refractivity contribution in [2.24, 2.45) is 5.92 Å². The molecule has 0 N–H and O–H groups in total. The molecule has 0 aliphatic carbocycles. The lowest BCUT2D eigenvalue weighted by atomic mass is 9.85. The maximum Gasteiger partial charge on any atom is 0.258 e. The van der Waals surface area contributed by atoms with Crippen molar-refractivity contribution >= 4 is 11.4 Å². The smallest absolute Gasteiger partial charge is 0.258 e. The van der Waals surface area contributed by atoms with E-state index in [1.165, 1.54) is 11.1 Å². The molecule has 8 nitrogen and oxygen atoms in total. The molecule has 1 amide bonds. The van der Waals surface area contributed by atoms with E-state index in [0.717, 1.165) is 32.1 Å². The molecule has 34 heavy (non-hydrogen) atoms. The minimum atomic E-state index is 0.0643. The molecule has 2 atom stereocenters. The number of fused-ring (bicyclic) bond motifs is 3. The van der Waals surface area contributed by atoms with Crippen LogP contribution in [0.4, 0.5) is 0 Å². The number of rotatable bonds is 6. The second kappa shape index (κ2) is 8.59. The van der Waals surface area contributed by atoms with E-state index in [-0.39, 0.29) is 24.6 Å². The number of hydrogen-bond acceptors (Lipinski definition) is 6. The monoisotopic (exact) mass is 457 g/mol. The highest BCUT2D eigenvalue weighted by Gasteiger charge is 2.43. The van der Waals surface area contributed by atoms with Crippen LogP contribution in [0.2, 0.25) is 0 Å². The summed E-state index contributed by atoms with van der Waals surface area (Å²) in [5.74, 6) is 1.20. The van der Waals surface area contributed by atoms with Gasteiger partial charge in [0.1, 0.15) is 23.7 Å². The lowest BCUT2D eigenvalue weighted by Crippen LogP contribution is -2.47. The highest BCUT2D eigenvalue weighted by atomic mass is 16.6. The third-order valence-corrected chi connectivity index (χ3v) is 7.33. The SMILES string of the molecule is Cc1nonc1COc1ccccc1C(=O)N1C2CCC1CC(Cc1cccn3nccc13)C2. The van der Waals surface area contributed by atoms with Gasteiger partial charge >= 0.3 is 0 Å². The lowest BCUT2D eigenvalue weighted by Gasteiger charge is -2.39. The first-order valence-electron chi connectivity index (χ1n) is 11.9. The van der Waals surface area contributed by atoms with E-state index in [1.54, 1.807) is 0 Å². The number of amides is 1. The Hall–Kier alpha value is -3.68. The first-order valence-corrected chi connectivity index (χ1v) is 11.9. The molecule has 2 aliphatic rings. The molecule has 5 heterocycles. The first kappa shape index (κ1) is 20.9. The Bertz CT molecular complexity index is 1310. The fraction of sp³-hybridized carbons (Fsp3) is 0.385. The summed E-state index contributed by atoms with van der Waals surface area (Å²) in [7, 11) is 0. The van der Waals surface area contributed by atoms with E-state index < -0.39 is 0 Å². The van der Waals surface area contributed by atoms with Crippen molar-refractivity contribution in [3.8, 4) is 5.75 Å². The highest BCUT2D eigenvalue weighted by molar-refractivity contribution is 5.97. The molecule has 4 aromatic rings. The maximum absolute atomic E-state index is 13.7. The number of pyridine rings is 1. The van der Waals surface area contributed by atoms with E-state index in [4.69, 9.17) is 9.37 Å². The van der Waals surface area contributed by atoms with Crippen molar-refractivity contribution < 1.29 is 14.2 Å². The zero-order chi connectivity index (χ0) is 23.1. The van der Waals surface area contributed by atoms with Crippen LogP contribution >= 0.6 is 0 Å². The predicted octanol–water partition coefficient (Wildman–Crippen LogP) is 4.23. The molecule has 8 heteroatoms. The van der Waals surface area contributed by atoms with Crippen LogP contribution in [0.25, 0.3) is 5.52 Å². The van der Waals surface area contributed by atoms with Crippen LogP contribution in [0.15, 0.2) is 59.5 Å². The van der Waals surface area contributed by atoms with Crippen molar-refractivity contribution in [3.05, 3.63) is 77.4 Å². The van der Waals surface area contributed by atoms with E-state index in [1.807, 2.05) is 48.1 Å². The van der Waals surface area contributed by atoms with Gasteiger partial charge in [-0.2, -0.15) is 5.10 Å². The normalized spacial score (nSPS) is 21.8. The highest BCUT2D eigenvalue weighted by Crippen LogP contribution is 2.41. The molecule has 2 aliphatic heterocycles. The van der Waals surface area contributed by atoms with Gasteiger partial charge in [0.15, 0.2) is 0 Å². The van der Waals surface area contributed by atoms with Crippen LogP contribution in [0.5, 0.6) is 5.75 Å². The first-order chi connectivity index (χ1) is 16.7. The topological polar surface area (TPSA) is 85.8 Å². The molecule has 2 fully saturated rings. The quantitative estimate of drug-likeness (QED) is 0.431. The molecule has 6 rings (SSSR count). The molecule has 1 aromatic carbocycles. The fourth-order valence-electron chi connectivity index (χ4n) is 5.72. The molecule has 0 saturated carbocycles. The van der Waals surface area contributed by atoms with Crippen molar-refractivity contribution in [1.82, 2.24) is 24.8 Å². The van der Waals surface area contributed by atoms with Crippen LogP contribution in [-0.4, -0.2) is 42.8 Å². The molecule has 3 aromatic heterocycles. The minimum Gasteiger partial charge on any atom is -0.486 e. The van der Waals surface area contributed by atoms with Gasteiger partial charge in [0, 0.05) is 24.5 Å². The molecule has 2 bridgehead atoms. The van der Waals surface area contributed by atoms with Crippen molar-refractivity contribution in [1.29, 1.82) is 0 Å². The summed E-state index contributed by atoms with van der Waals surface area (Å²) in [4.78, 5) is 15.8. The summed E-state index contributed by atoms with van der Waals surface area (Å²) in [5.41, 5.74) is 4.44. The van der Waals surface area contributed by atoms with Crippen LogP contribution in [0.1, 0.15) is 53.0 Å². The minimum absolute atomic E-state index is 0.0643. The van der Waals surface area contributed by atoms with E-state index in [9.17, 15) is 4.79 Å². The Morgan fingerprint density at radius 1 is 1.09 bits per heavy atom. The molecule has 0 radical (unpaired) electrons. The number of carbonyl (C=O) groups is 1. The van der Waals surface area contributed by atoms with Gasteiger partial charge in [-0.3, -0.25) is 4.79 Å². The summed E-state index contributed by atoms with van der Waals surface area (Å²) in [6.07, 6.45) is 9.06. The van der Waals surface area contributed by atoms with Crippen LogP contribution in [0, 0.1) is 12.8 Å². The number of piperidine rings is 1. The summed E-state index contributed by atoms with van der Waals surface area (Å²) < 4.78 is 12.7. The number of aryl methyl sites for hydroxylation is 1. The van der Waals surface area contributed by atoms with Gasteiger partial charge in [0.25, 0.3) is 5.91 Å². The molecular formula is C26H27N5O3. The lowest BCUT2D eigenvalue weighted by molar-refractivity contribution is 0.0520. The third-order valence-electron chi connectivity index (χ3n) is 7.33. The zero-order valence-electron chi connectivity index (χ0n) is 19.1. The Kier molecular flexibility index (Phi) is 5.28. The van der Waals surface area contributed by atoms with Crippen LogP contribution in [-0.2, 0) is 13.0 Å². The number of carbonyl (C=O) groups excluding carboxylic acids is 1. The van der Waals surface area contributed by atoms with Gasteiger partial charge < -0.3 is 9.64 Å². The van der Waals surface area contributed by atoms with E-state index >= 15 is 0 Å². The van der Waals surface area contributed by atoms with E-state index in [0.29, 0.717) is 28.6 Å². The van der Waals surface area contributed by atoms with Gasteiger partial charge in [-0.1, -0.05) is 28.5 Å². The average molecular weight is 458 g/mol. The predicted molar refractivity (Wildman–Crippen MR) is 124 cm³/mol. The number of ether oxygens (including phenoxy) is 1. The van der Waals surface area contributed by atoms with Gasteiger partial charge in [0.05, 0.1) is 11.1 Å². The summed E-state index contributed by atoms with van der Waals surface area (Å²) in [5, 5.41) is 12.0. The number of benzene rings is 1. The number of aromatic nitrogens is 4. The van der Waals surface area contributed by atoms with Crippen LogP contribution in [0.3, 0.4) is 0 Å². The molecule has 2 saturated heterocycles.